The minimum atomic E-state index is -0.00620. The second kappa shape index (κ2) is 7.06. The van der Waals surface area contributed by atoms with E-state index in [1.54, 1.807) is 13.2 Å². The van der Waals surface area contributed by atoms with E-state index < -0.39 is 0 Å². The first-order valence-electron chi connectivity index (χ1n) is 6.55. The molecule has 0 radical (unpaired) electrons. The lowest BCUT2D eigenvalue weighted by atomic mass is 9.98. The van der Waals surface area contributed by atoms with E-state index >= 15 is 0 Å². The van der Waals surface area contributed by atoms with Crippen LogP contribution in [-0.4, -0.2) is 43.2 Å². The summed E-state index contributed by atoms with van der Waals surface area (Å²) in [5.41, 5.74) is 6.42. The second-order valence-electron chi connectivity index (χ2n) is 4.90. The number of hydrogen-bond acceptors (Lipinski definition) is 3. The zero-order valence-electron chi connectivity index (χ0n) is 11.3. The second-order valence-corrected chi connectivity index (χ2v) is 6.47. The lowest BCUT2D eigenvalue weighted by Crippen LogP contribution is -2.51. The number of carbonyl (C=O) groups excluding carboxylic acids is 1. The van der Waals surface area contributed by atoms with Crippen LogP contribution in [0.5, 0.6) is 0 Å². The van der Waals surface area contributed by atoms with Crippen molar-refractivity contribution in [3.63, 3.8) is 0 Å². The molecule has 1 aliphatic heterocycles. The molecule has 20 heavy (non-hydrogen) atoms. The molecule has 2 rings (SSSR count). The maximum atomic E-state index is 12.6. The molecule has 1 fully saturated rings. The SMILES string of the molecule is COC1CCN(C(=O)c2ccc(I)c(Cl)c2)C(CN)C1. The molecule has 0 saturated carbocycles. The number of nitrogens with zero attached hydrogens (tertiary/aromatic N) is 1. The Labute approximate surface area is 137 Å². The predicted octanol–water partition coefficient (Wildman–Crippen LogP) is 2.52. The van der Waals surface area contributed by atoms with Gasteiger partial charge >= 0.3 is 0 Å². The highest BCUT2D eigenvalue weighted by atomic mass is 127. The number of amides is 1. The summed E-state index contributed by atoms with van der Waals surface area (Å²) < 4.78 is 6.32. The molecule has 2 N–H and O–H groups in total. The van der Waals surface area contributed by atoms with Crippen molar-refractivity contribution >= 4 is 40.1 Å². The number of ether oxygens (including phenoxy) is 1. The fraction of sp³-hybridized carbons (Fsp3) is 0.500. The van der Waals surface area contributed by atoms with Gasteiger partial charge in [-0.3, -0.25) is 4.79 Å². The quantitative estimate of drug-likeness (QED) is 0.782. The number of nitrogens with two attached hydrogens (primary N) is 1. The summed E-state index contributed by atoms with van der Waals surface area (Å²) >= 11 is 8.23. The molecule has 1 aromatic carbocycles. The Kier molecular flexibility index (Phi) is 5.65. The van der Waals surface area contributed by atoms with E-state index in [4.69, 9.17) is 22.1 Å². The molecule has 0 spiro atoms. The zero-order chi connectivity index (χ0) is 14.7. The first-order valence-corrected chi connectivity index (χ1v) is 8.01. The smallest absolute Gasteiger partial charge is 0.254 e. The number of methoxy groups -OCH3 is 1. The van der Waals surface area contributed by atoms with Crippen LogP contribution in [-0.2, 0) is 4.74 Å². The molecule has 0 aromatic heterocycles. The Hall–Kier alpha value is -0.370. The molecule has 1 amide bonds. The van der Waals surface area contributed by atoms with Gasteiger partial charge in [-0.2, -0.15) is 0 Å². The molecule has 1 aliphatic rings. The molecule has 0 bridgehead atoms. The van der Waals surface area contributed by atoms with Gasteiger partial charge in [-0.05, 0) is 53.6 Å². The van der Waals surface area contributed by atoms with Crippen molar-refractivity contribution in [2.24, 2.45) is 5.73 Å². The van der Waals surface area contributed by atoms with Crippen LogP contribution in [0.25, 0.3) is 0 Å². The van der Waals surface area contributed by atoms with Gasteiger partial charge < -0.3 is 15.4 Å². The van der Waals surface area contributed by atoms with Crippen molar-refractivity contribution in [3.8, 4) is 0 Å². The highest BCUT2D eigenvalue weighted by Gasteiger charge is 2.31. The van der Waals surface area contributed by atoms with Gasteiger partial charge in [0.05, 0.1) is 11.1 Å². The Morgan fingerprint density at radius 3 is 2.95 bits per heavy atom. The minimum absolute atomic E-state index is 0.00620. The van der Waals surface area contributed by atoms with Gasteiger partial charge in [0.2, 0.25) is 0 Å². The Bertz CT molecular complexity index is 498. The van der Waals surface area contributed by atoms with Crippen LogP contribution < -0.4 is 5.73 Å². The van der Waals surface area contributed by atoms with Crippen molar-refractivity contribution in [2.45, 2.75) is 25.0 Å². The first kappa shape index (κ1) is 16.0. The topological polar surface area (TPSA) is 55.6 Å². The minimum Gasteiger partial charge on any atom is -0.381 e. The summed E-state index contributed by atoms with van der Waals surface area (Å²) in [6, 6.07) is 5.42. The van der Waals surface area contributed by atoms with E-state index in [9.17, 15) is 4.79 Å². The molecule has 1 saturated heterocycles. The molecule has 2 unspecified atom stereocenters. The van der Waals surface area contributed by atoms with E-state index in [2.05, 4.69) is 22.6 Å². The highest BCUT2D eigenvalue weighted by Crippen LogP contribution is 2.24. The van der Waals surface area contributed by atoms with Crippen LogP contribution in [0.1, 0.15) is 23.2 Å². The van der Waals surface area contributed by atoms with E-state index in [0.717, 1.165) is 16.4 Å². The number of likely N-dealkylation sites (tertiary alicyclic amines) is 1. The third-order valence-electron chi connectivity index (χ3n) is 3.70. The summed E-state index contributed by atoms with van der Waals surface area (Å²) in [5, 5.41) is 0.604. The van der Waals surface area contributed by atoms with E-state index in [-0.39, 0.29) is 18.1 Å². The fourth-order valence-corrected chi connectivity index (χ4v) is 3.03. The summed E-state index contributed by atoms with van der Waals surface area (Å²) in [6.07, 6.45) is 1.82. The van der Waals surface area contributed by atoms with Gasteiger partial charge in [-0.15, -0.1) is 0 Å². The van der Waals surface area contributed by atoms with E-state index in [1.165, 1.54) is 0 Å². The lowest BCUT2D eigenvalue weighted by Gasteiger charge is -2.38. The molecular formula is C14H18ClIN2O2. The van der Waals surface area contributed by atoms with Gasteiger partial charge in [0, 0.05) is 35.4 Å². The summed E-state index contributed by atoms with van der Waals surface area (Å²) in [4.78, 5) is 14.4. The van der Waals surface area contributed by atoms with Gasteiger partial charge in [0.1, 0.15) is 0 Å². The van der Waals surface area contributed by atoms with Crippen LogP contribution in [0, 0.1) is 3.57 Å². The van der Waals surface area contributed by atoms with Crippen molar-refractivity contribution < 1.29 is 9.53 Å². The van der Waals surface area contributed by atoms with Crippen molar-refractivity contribution in [3.05, 3.63) is 32.4 Å². The Morgan fingerprint density at radius 2 is 2.35 bits per heavy atom. The van der Waals surface area contributed by atoms with Crippen LogP contribution in [0.3, 0.4) is 0 Å². The number of rotatable bonds is 3. The normalized spacial score (nSPS) is 22.9. The van der Waals surface area contributed by atoms with E-state index in [0.29, 0.717) is 23.7 Å². The fourth-order valence-electron chi connectivity index (χ4n) is 2.51. The average molecular weight is 409 g/mol. The summed E-state index contributed by atoms with van der Waals surface area (Å²) in [5.74, 6) is -0.00620. The molecule has 1 aromatic rings. The predicted molar refractivity (Wildman–Crippen MR) is 88.1 cm³/mol. The third kappa shape index (κ3) is 3.44. The molecule has 1 heterocycles. The largest absolute Gasteiger partial charge is 0.381 e. The Balaban J connectivity index is 2.17. The van der Waals surface area contributed by atoms with Crippen molar-refractivity contribution in [1.82, 2.24) is 4.90 Å². The molecular weight excluding hydrogens is 391 g/mol. The van der Waals surface area contributed by atoms with Crippen molar-refractivity contribution in [2.75, 3.05) is 20.2 Å². The van der Waals surface area contributed by atoms with Crippen LogP contribution in [0.4, 0.5) is 0 Å². The average Bonchev–Trinajstić information content (AvgIpc) is 2.48. The number of benzene rings is 1. The number of carbonyl (C=O) groups is 1. The summed E-state index contributed by atoms with van der Waals surface area (Å²) in [6.45, 7) is 1.12. The van der Waals surface area contributed by atoms with Crippen molar-refractivity contribution in [1.29, 1.82) is 0 Å². The van der Waals surface area contributed by atoms with Crippen LogP contribution in [0.2, 0.25) is 5.02 Å². The van der Waals surface area contributed by atoms with Crippen LogP contribution >= 0.6 is 34.2 Å². The third-order valence-corrected chi connectivity index (χ3v) is 5.27. The zero-order valence-corrected chi connectivity index (χ0v) is 14.2. The first-order chi connectivity index (χ1) is 9.56. The molecule has 4 nitrogen and oxygen atoms in total. The molecule has 6 heteroatoms. The molecule has 0 aliphatic carbocycles. The maximum absolute atomic E-state index is 12.6. The van der Waals surface area contributed by atoms with Crippen LogP contribution in [0.15, 0.2) is 18.2 Å². The maximum Gasteiger partial charge on any atom is 0.254 e. The Morgan fingerprint density at radius 1 is 1.60 bits per heavy atom. The molecule has 110 valence electrons. The lowest BCUT2D eigenvalue weighted by molar-refractivity contribution is 0.0139. The standard InChI is InChI=1S/C14H18ClIN2O2/c1-20-11-4-5-18(10(7-11)8-17)14(19)9-2-3-13(16)12(15)6-9/h2-3,6,10-11H,4-5,7-8,17H2,1H3. The van der Waals surface area contributed by atoms with Gasteiger partial charge in [0.25, 0.3) is 5.91 Å². The van der Waals surface area contributed by atoms with Gasteiger partial charge in [-0.25, -0.2) is 0 Å². The number of halogens is 2. The van der Waals surface area contributed by atoms with Gasteiger partial charge in [-0.1, -0.05) is 11.6 Å². The summed E-state index contributed by atoms with van der Waals surface area (Å²) in [7, 11) is 1.70. The monoisotopic (exact) mass is 408 g/mol. The highest BCUT2D eigenvalue weighted by molar-refractivity contribution is 14.1. The van der Waals surface area contributed by atoms with Gasteiger partial charge in [0.15, 0.2) is 0 Å². The van der Waals surface area contributed by atoms with E-state index in [1.807, 2.05) is 17.0 Å². The number of piperidine rings is 1. The molecule has 2 atom stereocenters. The number of hydrogen-bond donors (Lipinski definition) is 1.